The molecule has 34 heavy (non-hydrogen) atoms. The lowest BCUT2D eigenvalue weighted by Gasteiger charge is -2.17. The van der Waals surface area contributed by atoms with Gasteiger partial charge in [0, 0.05) is 5.92 Å². The number of hydrogen-bond donors (Lipinski definition) is 3. The number of nitrogens with one attached hydrogen (secondary N) is 2. The van der Waals surface area contributed by atoms with Crippen LogP contribution in [0, 0.1) is 0 Å². The van der Waals surface area contributed by atoms with E-state index in [9.17, 15) is 19.5 Å². The number of rotatable bonds is 8. The van der Waals surface area contributed by atoms with Crippen molar-refractivity contribution in [2.75, 3.05) is 11.9 Å². The molecule has 174 valence electrons. The quantitative estimate of drug-likeness (QED) is 0.439. The fourth-order valence-electron chi connectivity index (χ4n) is 4.32. The highest BCUT2D eigenvalue weighted by Crippen LogP contribution is 2.44. The smallest absolute Gasteiger partial charge is 0.411 e. The first kappa shape index (κ1) is 23.0. The summed E-state index contributed by atoms with van der Waals surface area (Å²) in [6.07, 6.45) is 0.227. The molecular formula is C27H26N2O5. The van der Waals surface area contributed by atoms with E-state index >= 15 is 0 Å². The lowest BCUT2D eigenvalue weighted by atomic mass is 9.98. The van der Waals surface area contributed by atoms with Crippen LogP contribution in [0.1, 0.15) is 47.2 Å². The molecule has 7 nitrogen and oxygen atoms in total. The van der Waals surface area contributed by atoms with Crippen molar-refractivity contribution in [1.29, 1.82) is 0 Å². The van der Waals surface area contributed by atoms with E-state index < -0.39 is 24.0 Å². The van der Waals surface area contributed by atoms with Crippen molar-refractivity contribution in [2.45, 2.75) is 31.7 Å². The summed E-state index contributed by atoms with van der Waals surface area (Å²) in [5.41, 5.74) is 4.89. The van der Waals surface area contributed by atoms with E-state index in [1.807, 2.05) is 43.3 Å². The van der Waals surface area contributed by atoms with Gasteiger partial charge in [-0.1, -0.05) is 74.0 Å². The molecule has 1 unspecified atom stereocenters. The van der Waals surface area contributed by atoms with Gasteiger partial charge in [0.15, 0.2) is 0 Å². The Morgan fingerprint density at radius 2 is 1.50 bits per heavy atom. The predicted molar refractivity (Wildman–Crippen MR) is 129 cm³/mol. The summed E-state index contributed by atoms with van der Waals surface area (Å²) in [4.78, 5) is 36.8. The fourth-order valence-corrected chi connectivity index (χ4v) is 4.32. The van der Waals surface area contributed by atoms with Gasteiger partial charge < -0.3 is 15.2 Å². The van der Waals surface area contributed by atoms with E-state index in [1.165, 1.54) is 6.07 Å². The number of amides is 2. The standard InChI is InChI=1S/C27H26N2O5/c1-2-9-24(26(31)32)28-25(30)21-14-7-8-15-23(21)29-27(33)34-16-22-19-12-5-3-10-17(19)18-11-4-6-13-20(18)22/h3-8,10-15,22,24H,2,9,16H2,1H3,(H,28,30)(H,29,33)(H,31,32). The van der Waals surface area contributed by atoms with E-state index in [4.69, 9.17) is 4.74 Å². The minimum atomic E-state index is -1.10. The second kappa shape index (κ2) is 10.2. The minimum Gasteiger partial charge on any atom is -0.480 e. The van der Waals surface area contributed by atoms with Gasteiger partial charge >= 0.3 is 12.1 Å². The van der Waals surface area contributed by atoms with Crippen LogP contribution < -0.4 is 10.6 Å². The molecule has 1 aliphatic carbocycles. The first-order valence-electron chi connectivity index (χ1n) is 11.2. The summed E-state index contributed by atoms with van der Waals surface area (Å²) < 4.78 is 5.56. The average molecular weight is 459 g/mol. The Morgan fingerprint density at radius 1 is 0.912 bits per heavy atom. The third-order valence-corrected chi connectivity index (χ3v) is 5.93. The molecule has 2 amide bonds. The Balaban J connectivity index is 1.45. The summed E-state index contributed by atoms with van der Waals surface area (Å²) in [6.45, 7) is 1.99. The second-order valence-electron chi connectivity index (χ2n) is 8.15. The van der Waals surface area contributed by atoms with E-state index in [0.717, 1.165) is 22.3 Å². The molecule has 0 saturated carbocycles. The number of carbonyl (C=O) groups excluding carboxylic acids is 2. The highest BCUT2D eigenvalue weighted by Gasteiger charge is 2.29. The van der Waals surface area contributed by atoms with Gasteiger partial charge in [-0.2, -0.15) is 0 Å². The minimum absolute atomic E-state index is 0.0814. The van der Waals surface area contributed by atoms with Crippen LogP contribution in [0.5, 0.6) is 0 Å². The molecule has 0 fully saturated rings. The maximum absolute atomic E-state index is 12.7. The summed E-state index contributed by atoms with van der Waals surface area (Å²) in [6, 6.07) is 21.5. The molecule has 3 aromatic carbocycles. The average Bonchev–Trinajstić information content (AvgIpc) is 3.16. The van der Waals surface area contributed by atoms with Gasteiger partial charge in [-0.3, -0.25) is 10.1 Å². The Labute approximate surface area is 197 Å². The normalized spacial score (nSPS) is 12.9. The molecule has 3 aromatic rings. The number of carboxylic acids is 1. The van der Waals surface area contributed by atoms with Crippen molar-refractivity contribution in [3.63, 3.8) is 0 Å². The highest BCUT2D eigenvalue weighted by molar-refractivity contribution is 6.03. The predicted octanol–water partition coefficient (Wildman–Crippen LogP) is 5.03. The summed E-state index contributed by atoms with van der Waals surface area (Å²) in [7, 11) is 0. The Kier molecular flexibility index (Phi) is 6.92. The second-order valence-corrected chi connectivity index (χ2v) is 8.15. The van der Waals surface area contributed by atoms with Crippen LogP contribution in [0.15, 0.2) is 72.8 Å². The molecule has 3 N–H and O–H groups in total. The Bertz CT molecular complexity index is 1180. The van der Waals surface area contributed by atoms with Crippen molar-refractivity contribution < 1.29 is 24.2 Å². The molecule has 1 atom stereocenters. The van der Waals surface area contributed by atoms with E-state index in [1.54, 1.807) is 18.2 Å². The highest BCUT2D eigenvalue weighted by atomic mass is 16.5. The molecule has 0 aliphatic heterocycles. The van der Waals surface area contributed by atoms with Crippen LogP contribution >= 0.6 is 0 Å². The summed E-state index contributed by atoms with van der Waals surface area (Å²) in [5, 5.41) is 14.5. The topological polar surface area (TPSA) is 105 Å². The summed E-state index contributed by atoms with van der Waals surface area (Å²) in [5.74, 6) is -1.75. The zero-order valence-electron chi connectivity index (χ0n) is 18.8. The van der Waals surface area contributed by atoms with Gasteiger partial charge in [-0.05, 0) is 40.8 Å². The van der Waals surface area contributed by atoms with Crippen molar-refractivity contribution in [1.82, 2.24) is 5.32 Å². The fraction of sp³-hybridized carbons (Fsp3) is 0.222. The third kappa shape index (κ3) is 4.78. The number of benzene rings is 3. The van der Waals surface area contributed by atoms with Crippen LogP contribution in [-0.4, -0.2) is 35.7 Å². The maximum Gasteiger partial charge on any atom is 0.411 e. The SMILES string of the molecule is CCCC(NC(=O)c1ccccc1NC(=O)OCC1c2ccccc2-c2ccccc21)C(=O)O. The number of aliphatic carboxylic acids is 1. The first-order chi connectivity index (χ1) is 16.5. The maximum atomic E-state index is 12.7. The number of ether oxygens (including phenoxy) is 1. The van der Waals surface area contributed by atoms with Gasteiger partial charge in [-0.15, -0.1) is 0 Å². The van der Waals surface area contributed by atoms with Crippen LogP contribution in [-0.2, 0) is 9.53 Å². The molecule has 0 spiro atoms. The molecule has 0 radical (unpaired) electrons. The van der Waals surface area contributed by atoms with Gasteiger partial charge in [0.25, 0.3) is 5.91 Å². The molecule has 7 heteroatoms. The van der Waals surface area contributed by atoms with E-state index in [2.05, 4.69) is 22.8 Å². The van der Waals surface area contributed by atoms with Crippen LogP contribution in [0.2, 0.25) is 0 Å². The van der Waals surface area contributed by atoms with Crippen molar-refractivity contribution >= 4 is 23.7 Å². The zero-order valence-corrected chi connectivity index (χ0v) is 18.8. The van der Waals surface area contributed by atoms with Crippen LogP contribution in [0.25, 0.3) is 11.1 Å². The zero-order chi connectivity index (χ0) is 24.1. The molecule has 0 saturated heterocycles. The molecule has 0 bridgehead atoms. The molecule has 1 aliphatic rings. The monoisotopic (exact) mass is 458 g/mol. The van der Waals surface area contributed by atoms with Crippen molar-refractivity contribution in [3.05, 3.63) is 89.5 Å². The largest absolute Gasteiger partial charge is 0.480 e. The number of carbonyl (C=O) groups is 3. The van der Waals surface area contributed by atoms with Crippen molar-refractivity contribution in [3.8, 4) is 11.1 Å². The lowest BCUT2D eigenvalue weighted by Crippen LogP contribution is -2.41. The Hall–Kier alpha value is -4.13. The van der Waals surface area contributed by atoms with Crippen LogP contribution in [0.4, 0.5) is 10.5 Å². The number of anilines is 1. The Morgan fingerprint density at radius 3 is 2.12 bits per heavy atom. The number of fused-ring (bicyclic) bond motifs is 3. The van der Waals surface area contributed by atoms with Crippen LogP contribution in [0.3, 0.4) is 0 Å². The lowest BCUT2D eigenvalue weighted by molar-refractivity contribution is -0.139. The summed E-state index contributed by atoms with van der Waals surface area (Å²) >= 11 is 0. The molecule has 0 aromatic heterocycles. The molecule has 0 heterocycles. The van der Waals surface area contributed by atoms with E-state index in [0.29, 0.717) is 12.8 Å². The molecular weight excluding hydrogens is 432 g/mol. The first-order valence-corrected chi connectivity index (χ1v) is 11.2. The van der Waals surface area contributed by atoms with Gasteiger partial charge in [0.1, 0.15) is 12.6 Å². The number of carboxylic acid groups (broad SMARTS) is 1. The van der Waals surface area contributed by atoms with Crippen molar-refractivity contribution in [2.24, 2.45) is 0 Å². The third-order valence-electron chi connectivity index (χ3n) is 5.93. The number of para-hydroxylation sites is 1. The van der Waals surface area contributed by atoms with Gasteiger partial charge in [0.05, 0.1) is 11.3 Å². The molecule has 4 rings (SSSR count). The number of hydrogen-bond acceptors (Lipinski definition) is 4. The van der Waals surface area contributed by atoms with E-state index in [-0.39, 0.29) is 23.8 Å². The van der Waals surface area contributed by atoms with Gasteiger partial charge in [0.2, 0.25) is 0 Å². The van der Waals surface area contributed by atoms with Gasteiger partial charge in [-0.25, -0.2) is 9.59 Å².